The Morgan fingerprint density at radius 2 is 1.37 bits per heavy atom. The number of sulfonamides is 1. The SMILES string of the molecule is CC(C)CNC(=O)[C@H](Cc1ccccc1)N(Cc1ccccc1)C(=O)CN(c1cccc(Cl)c1)S(=O)(=O)c1ccccc1. The van der Waals surface area contributed by atoms with Gasteiger partial charge in [-0.2, -0.15) is 0 Å². The second-order valence-electron chi connectivity index (χ2n) is 10.7. The molecule has 0 heterocycles. The summed E-state index contributed by atoms with van der Waals surface area (Å²) in [4.78, 5) is 29.6. The largest absolute Gasteiger partial charge is 0.354 e. The average molecular weight is 618 g/mol. The first-order chi connectivity index (χ1) is 20.6. The maximum Gasteiger partial charge on any atom is 0.264 e. The molecule has 0 aliphatic rings. The molecule has 0 saturated carbocycles. The van der Waals surface area contributed by atoms with Gasteiger partial charge in [-0.3, -0.25) is 13.9 Å². The van der Waals surface area contributed by atoms with Crippen molar-refractivity contribution in [2.24, 2.45) is 5.92 Å². The molecule has 0 bridgehead atoms. The van der Waals surface area contributed by atoms with Gasteiger partial charge in [0, 0.05) is 24.5 Å². The Balaban J connectivity index is 1.78. The number of rotatable bonds is 13. The zero-order valence-electron chi connectivity index (χ0n) is 24.3. The van der Waals surface area contributed by atoms with Crippen LogP contribution in [0.2, 0.25) is 5.02 Å². The number of halogens is 1. The average Bonchev–Trinajstić information content (AvgIpc) is 3.01. The van der Waals surface area contributed by atoms with Crippen LogP contribution < -0.4 is 9.62 Å². The highest BCUT2D eigenvalue weighted by Gasteiger charge is 2.34. The summed E-state index contributed by atoms with van der Waals surface area (Å²) >= 11 is 6.26. The quantitative estimate of drug-likeness (QED) is 0.201. The van der Waals surface area contributed by atoms with Crippen molar-refractivity contribution in [2.75, 3.05) is 17.4 Å². The first kappa shape index (κ1) is 31.8. The summed E-state index contributed by atoms with van der Waals surface area (Å²) in [6.07, 6.45) is 0.256. The Hall–Kier alpha value is -4.14. The van der Waals surface area contributed by atoms with Crippen LogP contribution >= 0.6 is 11.6 Å². The van der Waals surface area contributed by atoms with Crippen molar-refractivity contribution in [3.8, 4) is 0 Å². The highest BCUT2D eigenvalue weighted by Crippen LogP contribution is 2.27. The minimum Gasteiger partial charge on any atom is -0.354 e. The first-order valence-electron chi connectivity index (χ1n) is 14.1. The standard InChI is InChI=1S/C34H36ClN3O4S/c1-26(2)23-36-34(40)32(21-27-13-6-3-7-14-27)37(24-28-15-8-4-9-16-28)33(39)25-38(30-18-12-17-29(35)22-30)43(41,42)31-19-10-5-11-20-31/h3-20,22,26,32H,21,23-25H2,1-2H3,(H,36,40)/t32-/m0/s1. The molecule has 9 heteroatoms. The van der Waals surface area contributed by atoms with Crippen LogP contribution in [0.25, 0.3) is 0 Å². The number of benzene rings is 4. The van der Waals surface area contributed by atoms with Gasteiger partial charge in [0.05, 0.1) is 10.6 Å². The van der Waals surface area contributed by atoms with Crippen molar-refractivity contribution in [3.05, 3.63) is 131 Å². The lowest BCUT2D eigenvalue weighted by molar-refractivity contribution is -0.140. The Morgan fingerprint density at radius 1 is 0.791 bits per heavy atom. The maximum atomic E-state index is 14.4. The van der Waals surface area contributed by atoms with Crippen LogP contribution in [-0.4, -0.2) is 44.3 Å². The molecule has 0 aliphatic heterocycles. The Morgan fingerprint density at radius 3 is 1.95 bits per heavy atom. The molecule has 4 aromatic carbocycles. The van der Waals surface area contributed by atoms with E-state index in [2.05, 4.69) is 5.32 Å². The van der Waals surface area contributed by atoms with E-state index >= 15 is 0 Å². The molecule has 0 aliphatic carbocycles. The summed E-state index contributed by atoms with van der Waals surface area (Å²) in [7, 11) is -4.17. The molecular weight excluding hydrogens is 582 g/mol. The number of nitrogens with one attached hydrogen (secondary N) is 1. The van der Waals surface area contributed by atoms with E-state index in [1.807, 2.05) is 74.5 Å². The third-order valence-corrected chi connectivity index (χ3v) is 8.88. The van der Waals surface area contributed by atoms with Gasteiger partial charge in [0.25, 0.3) is 10.0 Å². The van der Waals surface area contributed by atoms with Gasteiger partial charge < -0.3 is 10.2 Å². The van der Waals surface area contributed by atoms with Gasteiger partial charge in [-0.15, -0.1) is 0 Å². The molecular formula is C34H36ClN3O4S. The number of carbonyl (C=O) groups is 2. The number of amides is 2. The molecule has 0 radical (unpaired) electrons. The lowest BCUT2D eigenvalue weighted by Crippen LogP contribution is -2.53. The summed E-state index contributed by atoms with van der Waals surface area (Å²) in [5, 5.41) is 3.32. The summed E-state index contributed by atoms with van der Waals surface area (Å²) in [5.41, 5.74) is 1.93. The molecule has 7 nitrogen and oxygen atoms in total. The monoisotopic (exact) mass is 617 g/mol. The van der Waals surface area contributed by atoms with Crippen LogP contribution in [0.4, 0.5) is 5.69 Å². The molecule has 0 spiro atoms. The normalized spacial score (nSPS) is 12.0. The molecule has 0 unspecified atom stereocenters. The molecule has 4 rings (SSSR count). The number of hydrogen-bond acceptors (Lipinski definition) is 4. The van der Waals surface area contributed by atoms with Crippen LogP contribution in [-0.2, 0) is 32.6 Å². The van der Waals surface area contributed by atoms with E-state index in [1.165, 1.54) is 23.1 Å². The van der Waals surface area contributed by atoms with Crippen molar-refractivity contribution in [1.29, 1.82) is 0 Å². The molecule has 1 atom stereocenters. The van der Waals surface area contributed by atoms with Crippen molar-refractivity contribution in [3.63, 3.8) is 0 Å². The van der Waals surface area contributed by atoms with Gasteiger partial charge in [-0.1, -0.05) is 110 Å². The minimum absolute atomic E-state index is 0.0351. The van der Waals surface area contributed by atoms with Crippen LogP contribution in [0.15, 0.2) is 120 Å². The highest BCUT2D eigenvalue weighted by molar-refractivity contribution is 7.92. The zero-order valence-corrected chi connectivity index (χ0v) is 25.8. The number of nitrogens with zero attached hydrogens (tertiary/aromatic N) is 2. The molecule has 1 N–H and O–H groups in total. The van der Waals surface area contributed by atoms with E-state index in [1.54, 1.807) is 36.4 Å². The van der Waals surface area contributed by atoms with Crippen molar-refractivity contribution in [1.82, 2.24) is 10.2 Å². The van der Waals surface area contributed by atoms with Crippen molar-refractivity contribution in [2.45, 2.75) is 37.8 Å². The molecule has 0 fully saturated rings. The predicted molar refractivity (Wildman–Crippen MR) is 171 cm³/mol. The third-order valence-electron chi connectivity index (χ3n) is 6.86. The second-order valence-corrected chi connectivity index (χ2v) is 13.0. The van der Waals surface area contributed by atoms with E-state index in [4.69, 9.17) is 11.6 Å². The van der Waals surface area contributed by atoms with E-state index < -0.39 is 28.5 Å². The summed E-state index contributed by atoms with van der Waals surface area (Å²) < 4.78 is 29.0. The van der Waals surface area contributed by atoms with Gasteiger partial charge in [0.2, 0.25) is 11.8 Å². The Kier molecular flexibility index (Phi) is 11.0. The molecule has 224 valence electrons. The summed E-state index contributed by atoms with van der Waals surface area (Å²) in [6.45, 7) is 4.01. The van der Waals surface area contributed by atoms with Crippen molar-refractivity contribution >= 4 is 39.1 Å². The van der Waals surface area contributed by atoms with E-state index in [-0.39, 0.29) is 35.4 Å². The fourth-order valence-corrected chi connectivity index (χ4v) is 6.25. The van der Waals surface area contributed by atoms with E-state index in [0.29, 0.717) is 11.6 Å². The van der Waals surface area contributed by atoms with E-state index in [0.717, 1.165) is 15.4 Å². The number of anilines is 1. The minimum atomic E-state index is -4.17. The van der Waals surface area contributed by atoms with E-state index in [9.17, 15) is 18.0 Å². The van der Waals surface area contributed by atoms with Crippen LogP contribution in [0.5, 0.6) is 0 Å². The zero-order chi connectivity index (χ0) is 30.8. The maximum absolute atomic E-state index is 14.4. The highest BCUT2D eigenvalue weighted by atomic mass is 35.5. The third kappa shape index (κ3) is 8.69. The topological polar surface area (TPSA) is 86.8 Å². The molecule has 4 aromatic rings. The smallest absolute Gasteiger partial charge is 0.264 e. The lowest BCUT2D eigenvalue weighted by Gasteiger charge is -2.34. The Bertz CT molecular complexity index is 1600. The molecule has 2 amide bonds. The lowest BCUT2D eigenvalue weighted by atomic mass is 10.0. The van der Waals surface area contributed by atoms with Gasteiger partial charge in [0.15, 0.2) is 0 Å². The van der Waals surface area contributed by atoms with Crippen LogP contribution in [0, 0.1) is 5.92 Å². The predicted octanol–water partition coefficient (Wildman–Crippen LogP) is 5.95. The van der Waals surface area contributed by atoms with Gasteiger partial charge in [-0.05, 0) is 47.4 Å². The first-order valence-corrected chi connectivity index (χ1v) is 16.0. The summed E-state index contributed by atoms with van der Waals surface area (Å²) in [5.74, 6) is -0.625. The fraction of sp³-hybridized carbons (Fsp3) is 0.235. The number of hydrogen-bond donors (Lipinski definition) is 1. The van der Waals surface area contributed by atoms with Gasteiger partial charge >= 0.3 is 0 Å². The molecule has 43 heavy (non-hydrogen) atoms. The van der Waals surface area contributed by atoms with Gasteiger partial charge in [0.1, 0.15) is 12.6 Å². The van der Waals surface area contributed by atoms with Gasteiger partial charge in [-0.25, -0.2) is 8.42 Å². The second kappa shape index (κ2) is 14.8. The van der Waals surface area contributed by atoms with Crippen molar-refractivity contribution < 1.29 is 18.0 Å². The molecule has 0 aromatic heterocycles. The Labute approximate surface area is 259 Å². The summed E-state index contributed by atoms with van der Waals surface area (Å²) in [6, 6.07) is 32.2. The fourth-order valence-electron chi connectivity index (χ4n) is 4.64. The van der Waals surface area contributed by atoms with Crippen LogP contribution in [0.1, 0.15) is 25.0 Å². The number of carbonyl (C=O) groups excluding carboxylic acids is 2. The van der Waals surface area contributed by atoms with Crippen LogP contribution in [0.3, 0.4) is 0 Å². The molecule has 0 saturated heterocycles.